The number of piperazine rings is 1. The van der Waals surface area contributed by atoms with E-state index in [0.717, 1.165) is 68.6 Å². The van der Waals surface area contributed by atoms with E-state index in [1.54, 1.807) is 6.20 Å². The van der Waals surface area contributed by atoms with E-state index < -0.39 is 5.60 Å². The van der Waals surface area contributed by atoms with Crippen LogP contribution in [-0.2, 0) is 4.74 Å². The Kier molecular flexibility index (Phi) is 6.37. The Morgan fingerprint density at radius 3 is 2.69 bits per heavy atom. The minimum Gasteiger partial charge on any atom is -0.444 e. The number of amides is 1. The lowest BCUT2D eigenvalue weighted by atomic mass is 9.83. The number of aromatic nitrogens is 1. The Balaban J connectivity index is 1.19. The standard InChI is InChI=1S/C32H37N5O2/c1-21-18-36(28-10-8-24(17-33)30-27(28)6-5-13-34-30)20-29-26-9-7-23(16-25(26)19-37(21)29)22-11-14-35(15-12-22)31(38)39-32(2,3)4/h5-8,10,13,16,21-22H,9,11-12,14-15,18-20H2,1-4H3/t21-/m1/s1. The van der Waals surface area contributed by atoms with Gasteiger partial charge in [0.2, 0.25) is 0 Å². The molecule has 0 radical (unpaired) electrons. The Bertz CT molecular complexity index is 1450. The molecule has 3 aliphatic heterocycles. The zero-order valence-electron chi connectivity index (χ0n) is 23.4. The minimum absolute atomic E-state index is 0.194. The van der Waals surface area contributed by atoms with Crippen LogP contribution in [0.1, 0.15) is 52.5 Å². The van der Waals surface area contributed by atoms with Gasteiger partial charge < -0.3 is 19.4 Å². The molecule has 2 saturated heterocycles. The molecule has 0 bridgehead atoms. The van der Waals surface area contributed by atoms with Gasteiger partial charge in [0, 0.05) is 55.2 Å². The monoisotopic (exact) mass is 523 g/mol. The Hall–Kier alpha value is -3.79. The molecular formula is C32H37N5O2. The first kappa shape index (κ1) is 25.5. The molecule has 1 amide bonds. The van der Waals surface area contributed by atoms with Crippen molar-refractivity contribution in [3.8, 4) is 6.07 Å². The maximum Gasteiger partial charge on any atom is 0.410 e. The molecule has 2 fully saturated rings. The molecule has 4 aliphatic rings. The molecule has 0 spiro atoms. The number of likely N-dealkylation sites (tertiary alicyclic amines) is 1. The van der Waals surface area contributed by atoms with Crippen molar-refractivity contribution >= 4 is 22.7 Å². The molecule has 1 aromatic heterocycles. The van der Waals surface area contributed by atoms with Crippen molar-refractivity contribution in [1.82, 2.24) is 14.8 Å². The van der Waals surface area contributed by atoms with Crippen molar-refractivity contribution in [3.05, 3.63) is 70.6 Å². The van der Waals surface area contributed by atoms with Gasteiger partial charge in [0.15, 0.2) is 0 Å². The van der Waals surface area contributed by atoms with E-state index in [2.05, 4.69) is 52.1 Å². The smallest absolute Gasteiger partial charge is 0.410 e. The van der Waals surface area contributed by atoms with Gasteiger partial charge in [0.1, 0.15) is 11.7 Å². The molecular weight excluding hydrogens is 486 g/mol. The predicted octanol–water partition coefficient (Wildman–Crippen LogP) is 5.79. The van der Waals surface area contributed by atoms with E-state index in [1.165, 1.54) is 22.4 Å². The number of nitriles is 1. The van der Waals surface area contributed by atoms with Gasteiger partial charge >= 0.3 is 6.09 Å². The van der Waals surface area contributed by atoms with Crippen molar-refractivity contribution in [1.29, 1.82) is 5.26 Å². The largest absolute Gasteiger partial charge is 0.444 e. The third-order valence-electron chi connectivity index (χ3n) is 8.49. The third-order valence-corrected chi connectivity index (χ3v) is 8.49. The number of fused-ring (bicyclic) bond motifs is 3. The number of carbonyl (C=O) groups is 1. The molecule has 1 aliphatic carbocycles. The van der Waals surface area contributed by atoms with Gasteiger partial charge in [-0.15, -0.1) is 0 Å². The quantitative estimate of drug-likeness (QED) is 0.496. The van der Waals surface area contributed by atoms with Gasteiger partial charge in [-0.2, -0.15) is 5.26 Å². The summed E-state index contributed by atoms with van der Waals surface area (Å²) in [4.78, 5) is 23.9. The lowest BCUT2D eigenvalue weighted by Gasteiger charge is -2.42. The molecule has 0 saturated carbocycles. The van der Waals surface area contributed by atoms with Gasteiger partial charge in [0.05, 0.1) is 17.6 Å². The lowest BCUT2D eigenvalue weighted by Crippen LogP contribution is -2.49. The third kappa shape index (κ3) is 4.78. The van der Waals surface area contributed by atoms with Crippen molar-refractivity contribution in [2.24, 2.45) is 5.92 Å². The number of pyridine rings is 1. The van der Waals surface area contributed by atoms with Crippen LogP contribution in [-0.4, -0.2) is 65.2 Å². The average molecular weight is 524 g/mol. The van der Waals surface area contributed by atoms with Crippen LogP contribution in [0.5, 0.6) is 0 Å². The highest BCUT2D eigenvalue weighted by molar-refractivity contribution is 5.95. The maximum atomic E-state index is 12.5. The van der Waals surface area contributed by atoms with Gasteiger partial charge in [0.25, 0.3) is 0 Å². The number of ether oxygens (including phenoxy) is 1. The summed E-state index contributed by atoms with van der Waals surface area (Å²) in [6.45, 7) is 12.3. The fourth-order valence-corrected chi connectivity index (χ4v) is 6.58. The maximum absolute atomic E-state index is 12.5. The molecule has 7 nitrogen and oxygen atoms in total. The number of rotatable bonds is 2. The van der Waals surface area contributed by atoms with E-state index >= 15 is 0 Å². The van der Waals surface area contributed by atoms with Crippen LogP contribution in [0.15, 0.2) is 65.0 Å². The number of allylic oxidation sites excluding steroid dienone is 3. The van der Waals surface area contributed by atoms with Crippen molar-refractivity contribution in [2.75, 3.05) is 37.6 Å². The van der Waals surface area contributed by atoms with E-state index in [1.807, 2.05) is 37.8 Å². The van der Waals surface area contributed by atoms with E-state index in [0.29, 0.717) is 17.5 Å². The summed E-state index contributed by atoms with van der Waals surface area (Å²) in [5, 5.41) is 10.6. The molecule has 0 unspecified atom stereocenters. The first-order valence-corrected chi connectivity index (χ1v) is 14.1. The summed E-state index contributed by atoms with van der Waals surface area (Å²) in [5.74, 6) is 0.492. The number of benzene rings is 1. The molecule has 202 valence electrons. The highest BCUT2D eigenvalue weighted by atomic mass is 16.6. The molecule has 2 aromatic rings. The van der Waals surface area contributed by atoms with Crippen LogP contribution < -0.4 is 4.90 Å². The Morgan fingerprint density at radius 2 is 1.95 bits per heavy atom. The molecule has 6 rings (SSSR count). The zero-order valence-corrected chi connectivity index (χ0v) is 23.4. The highest BCUT2D eigenvalue weighted by Crippen LogP contribution is 2.42. The molecule has 39 heavy (non-hydrogen) atoms. The fourth-order valence-electron chi connectivity index (χ4n) is 6.58. The summed E-state index contributed by atoms with van der Waals surface area (Å²) in [6, 6.07) is 10.7. The number of hydrogen-bond acceptors (Lipinski definition) is 6. The van der Waals surface area contributed by atoms with Crippen molar-refractivity contribution in [2.45, 2.75) is 58.6 Å². The molecule has 1 aromatic carbocycles. The molecule has 4 heterocycles. The predicted molar refractivity (Wildman–Crippen MR) is 153 cm³/mol. The van der Waals surface area contributed by atoms with E-state index in [9.17, 15) is 10.1 Å². The van der Waals surface area contributed by atoms with Gasteiger partial charge in [-0.1, -0.05) is 12.2 Å². The Labute approximate surface area is 231 Å². The van der Waals surface area contributed by atoms with Crippen LogP contribution in [0.4, 0.5) is 10.5 Å². The van der Waals surface area contributed by atoms with Gasteiger partial charge in [-0.05, 0) is 93.9 Å². The summed E-state index contributed by atoms with van der Waals surface area (Å²) in [6.07, 6.45) is 9.36. The van der Waals surface area contributed by atoms with Crippen LogP contribution in [0, 0.1) is 17.2 Å². The SMILES string of the molecule is C[C@@H]1CN(c2ccc(C#N)c3ncccc23)CC2=C3CC=C(C4CCN(C(=O)OC(C)(C)C)CC4)C=C3CN21. The normalized spacial score (nSPS) is 21.8. The summed E-state index contributed by atoms with van der Waals surface area (Å²) >= 11 is 0. The number of piperidine rings is 1. The zero-order chi connectivity index (χ0) is 27.3. The first-order valence-electron chi connectivity index (χ1n) is 14.1. The summed E-state index contributed by atoms with van der Waals surface area (Å²) in [7, 11) is 0. The number of carbonyl (C=O) groups excluding carboxylic acids is 1. The molecule has 1 atom stereocenters. The Morgan fingerprint density at radius 1 is 1.15 bits per heavy atom. The molecule has 0 N–H and O–H groups in total. The van der Waals surface area contributed by atoms with E-state index in [4.69, 9.17) is 4.74 Å². The average Bonchev–Trinajstić information content (AvgIpc) is 3.30. The van der Waals surface area contributed by atoms with Crippen LogP contribution in [0.2, 0.25) is 0 Å². The van der Waals surface area contributed by atoms with Crippen molar-refractivity contribution < 1.29 is 9.53 Å². The second-order valence-electron chi connectivity index (χ2n) is 12.2. The molecule has 7 heteroatoms. The van der Waals surface area contributed by atoms with Gasteiger partial charge in [-0.3, -0.25) is 4.98 Å². The minimum atomic E-state index is -0.459. The van der Waals surface area contributed by atoms with Crippen LogP contribution >= 0.6 is 0 Å². The summed E-state index contributed by atoms with van der Waals surface area (Å²) in [5.41, 5.74) is 7.88. The second-order valence-corrected chi connectivity index (χ2v) is 12.2. The highest BCUT2D eigenvalue weighted by Gasteiger charge is 2.37. The number of anilines is 1. The van der Waals surface area contributed by atoms with Crippen molar-refractivity contribution in [3.63, 3.8) is 0 Å². The topological polar surface area (TPSA) is 72.7 Å². The lowest BCUT2D eigenvalue weighted by molar-refractivity contribution is 0.0195. The fraction of sp³-hybridized carbons (Fsp3) is 0.469. The number of hydrogen-bond donors (Lipinski definition) is 0. The van der Waals surface area contributed by atoms with Gasteiger partial charge in [-0.25, -0.2) is 4.79 Å². The first-order chi connectivity index (χ1) is 18.7. The van der Waals surface area contributed by atoms with Crippen LogP contribution in [0.25, 0.3) is 10.9 Å². The van der Waals surface area contributed by atoms with Crippen LogP contribution in [0.3, 0.4) is 0 Å². The number of nitrogens with zero attached hydrogens (tertiary/aromatic N) is 5. The summed E-state index contributed by atoms with van der Waals surface area (Å²) < 4.78 is 5.58. The second kappa shape index (κ2) is 9.75. The van der Waals surface area contributed by atoms with E-state index in [-0.39, 0.29) is 6.09 Å².